The van der Waals surface area contributed by atoms with Gasteiger partial charge in [-0.25, -0.2) is 4.79 Å². The summed E-state index contributed by atoms with van der Waals surface area (Å²) in [6.45, 7) is 1.85. The van der Waals surface area contributed by atoms with Gasteiger partial charge in [0, 0.05) is 19.9 Å². The maximum absolute atomic E-state index is 11.1. The zero-order valence-electron chi connectivity index (χ0n) is 8.06. The standard InChI is InChI=1S/C10H13NO3/c1-3-4-8-5-9(10(13)14)11(6-8)7(2)12/h1,8-9H,4-6H2,2H3,(H,13,14)/t8?,9-/m0/s1. The molecule has 1 aliphatic rings. The maximum Gasteiger partial charge on any atom is 0.326 e. The van der Waals surface area contributed by atoms with Crippen molar-refractivity contribution < 1.29 is 14.7 Å². The molecule has 0 spiro atoms. The first-order chi connectivity index (χ1) is 6.56. The number of hydrogen-bond acceptors (Lipinski definition) is 2. The van der Waals surface area contributed by atoms with E-state index in [9.17, 15) is 9.59 Å². The molecule has 76 valence electrons. The molecule has 0 radical (unpaired) electrons. The number of carbonyl (C=O) groups is 2. The van der Waals surface area contributed by atoms with Crippen molar-refractivity contribution in [3.63, 3.8) is 0 Å². The van der Waals surface area contributed by atoms with Crippen LogP contribution in [0.5, 0.6) is 0 Å². The lowest BCUT2D eigenvalue weighted by molar-refractivity contribution is -0.147. The average molecular weight is 195 g/mol. The summed E-state index contributed by atoms with van der Waals surface area (Å²) in [6, 6.07) is -0.689. The number of hydrogen-bond donors (Lipinski definition) is 1. The van der Waals surface area contributed by atoms with E-state index < -0.39 is 12.0 Å². The molecule has 0 aromatic rings. The summed E-state index contributed by atoms with van der Waals surface area (Å²) in [5.41, 5.74) is 0. The van der Waals surface area contributed by atoms with Crippen LogP contribution in [0.3, 0.4) is 0 Å². The van der Waals surface area contributed by atoms with Crippen LogP contribution in [0.4, 0.5) is 0 Å². The number of carbonyl (C=O) groups excluding carboxylic acids is 1. The van der Waals surface area contributed by atoms with Crippen LogP contribution >= 0.6 is 0 Å². The van der Waals surface area contributed by atoms with E-state index in [0.29, 0.717) is 19.4 Å². The first kappa shape index (κ1) is 10.6. The molecule has 0 aliphatic carbocycles. The summed E-state index contributed by atoms with van der Waals surface area (Å²) in [5.74, 6) is 1.49. The van der Waals surface area contributed by atoms with Crippen LogP contribution in [0.2, 0.25) is 0 Å². The van der Waals surface area contributed by atoms with E-state index in [2.05, 4.69) is 5.92 Å². The molecule has 14 heavy (non-hydrogen) atoms. The second kappa shape index (κ2) is 4.14. The second-order valence-electron chi connectivity index (χ2n) is 3.54. The fourth-order valence-electron chi connectivity index (χ4n) is 1.82. The number of aliphatic carboxylic acids is 1. The van der Waals surface area contributed by atoms with E-state index in [1.165, 1.54) is 11.8 Å². The van der Waals surface area contributed by atoms with Gasteiger partial charge in [0.2, 0.25) is 5.91 Å². The molecule has 0 aromatic carbocycles. The molecule has 1 amide bonds. The lowest BCUT2D eigenvalue weighted by Crippen LogP contribution is -2.39. The molecule has 0 saturated carbocycles. The van der Waals surface area contributed by atoms with Crippen molar-refractivity contribution in [3.05, 3.63) is 0 Å². The van der Waals surface area contributed by atoms with Crippen LogP contribution < -0.4 is 0 Å². The quantitative estimate of drug-likeness (QED) is 0.646. The van der Waals surface area contributed by atoms with Gasteiger partial charge in [-0.1, -0.05) is 0 Å². The highest BCUT2D eigenvalue weighted by Crippen LogP contribution is 2.25. The highest BCUT2D eigenvalue weighted by molar-refractivity contribution is 5.82. The topological polar surface area (TPSA) is 57.6 Å². The summed E-state index contributed by atoms with van der Waals surface area (Å²) in [6.07, 6.45) is 6.16. The second-order valence-corrected chi connectivity index (χ2v) is 3.54. The monoisotopic (exact) mass is 195 g/mol. The molecule has 2 atom stereocenters. The smallest absolute Gasteiger partial charge is 0.326 e. The van der Waals surface area contributed by atoms with Gasteiger partial charge in [-0.15, -0.1) is 12.3 Å². The predicted molar refractivity (Wildman–Crippen MR) is 50.4 cm³/mol. The van der Waals surface area contributed by atoms with Gasteiger partial charge in [0.15, 0.2) is 0 Å². The van der Waals surface area contributed by atoms with Crippen LogP contribution in [0.25, 0.3) is 0 Å². The molecule has 1 aliphatic heterocycles. The number of carboxylic acids is 1. The normalized spacial score (nSPS) is 25.9. The van der Waals surface area contributed by atoms with Crippen molar-refractivity contribution in [2.24, 2.45) is 5.92 Å². The summed E-state index contributed by atoms with van der Waals surface area (Å²) in [5, 5.41) is 8.87. The summed E-state index contributed by atoms with van der Waals surface area (Å²) in [4.78, 5) is 23.3. The zero-order chi connectivity index (χ0) is 10.7. The van der Waals surface area contributed by atoms with E-state index in [0.717, 1.165) is 0 Å². The maximum atomic E-state index is 11.1. The van der Waals surface area contributed by atoms with Crippen molar-refractivity contribution >= 4 is 11.9 Å². The Morgan fingerprint density at radius 2 is 2.29 bits per heavy atom. The molecule has 4 nitrogen and oxygen atoms in total. The van der Waals surface area contributed by atoms with Crippen molar-refractivity contribution in [3.8, 4) is 12.3 Å². The Hall–Kier alpha value is -1.50. The Morgan fingerprint density at radius 1 is 1.64 bits per heavy atom. The third-order valence-corrected chi connectivity index (χ3v) is 2.48. The van der Waals surface area contributed by atoms with E-state index in [1.807, 2.05) is 0 Å². The molecular weight excluding hydrogens is 182 g/mol. The number of likely N-dealkylation sites (tertiary alicyclic amines) is 1. The van der Waals surface area contributed by atoms with Gasteiger partial charge in [-0.05, 0) is 12.3 Å². The zero-order valence-corrected chi connectivity index (χ0v) is 8.06. The molecule has 4 heteroatoms. The molecular formula is C10H13NO3. The van der Waals surface area contributed by atoms with E-state index >= 15 is 0 Å². The SMILES string of the molecule is C#CCC1C[C@@H](C(=O)O)N(C(C)=O)C1. The van der Waals surface area contributed by atoms with Gasteiger partial charge in [0.05, 0.1) is 0 Å². The predicted octanol–water partition coefficient (Wildman–Crippen LogP) is 0.331. The Kier molecular flexibility index (Phi) is 3.13. The summed E-state index contributed by atoms with van der Waals surface area (Å²) >= 11 is 0. The first-order valence-electron chi connectivity index (χ1n) is 4.49. The highest BCUT2D eigenvalue weighted by atomic mass is 16.4. The Bertz CT molecular complexity index is 270. The molecule has 1 rings (SSSR count). The largest absolute Gasteiger partial charge is 0.480 e. The lowest BCUT2D eigenvalue weighted by atomic mass is 10.0. The highest BCUT2D eigenvalue weighted by Gasteiger charge is 2.37. The minimum Gasteiger partial charge on any atom is -0.480 e. The Balaban J connectivity index is 2.71. The molecule has 1 fully saturated rings. The van der Waals surface area contributed by atoms with Crippen LogP contribution in [0.15, 0.2) is 0 Å². The van der Waals surface area contributed by atoms with Crippen molar-refractivity contribution in [1.29, 1.82) is 0 Å². The molecule has 0 aromatic heterocycles. The molecule has 1 saturated heterocycles. The molecule has 0 bridgehead atoms. The van der Waals surface area contributed by atoms with Crippen molar-refractivity contribution in [2.75, 3.05) is 6.54 Å². The fourth-order valence-corrected chi connectivity index (χ4v) is 1.82. The van der Waals surface area contributed by atoms with Gasteiger partial charge in [-0.3, -0.25) is 4.79 Å². The van der Waals surface area contributed by atoms with Crippen LogP contribution in [-0.4, -0.2) is 34.5 Å². The molecule has 1 heterocycles. The minimum atomic E-state index is -0.945. The van der Waals surface area contributed by atoms with Gasteiger partial charge >= 0.3 is 5.97 Å². The summed E-state index contributed by atoms with van der Waals surface area (Å²) < 4.78 is 0. The number of amides is 1. The third kappa shape index (κ3) is 2.05. The first-order valence-corrected chi connectivity index (χ1v) is 4.49. The Morgan fingerprint density at radius 3 is 2.64 bits per heavy atom. The van der Waals surface area contributed by atoms with Crippen molar-refractivity contribution in [1.82, 2.24) is 4.90 Å². The van der Waals surface area contributed by atoms with E-state index in [1.54, 1.807) is 0 Å². The average Bonchev–Trinajstić information content (AvgIpc) is 2.49. The number of terminal acetylenes is 1. The van der Waals surface area contributed by atoms with Crippen LogP contribution in [-0.2, 0) is 9.59 Å². The third-order valence-electron chi connectivity index (χ3n) is 2.48. The van der Waals surface area contributed by atoms with Gasteiger partial charge < -0.3 is 10.0 Å². The summed E-state index contributed by atoms with van der Waals surface area (Å²) in [7, 11) is 0. The van der Waals surface area contributed by atoms with Crippen molar-refractivity contribution in [2.45, 2.75) is 25.8 Å². The minimum absolute atomic E-state index is 0.130. The molecule has 1 unspecified atom stereocenters. The number of nitrogens with zero attached hydrogens (tertiary/aromatic N) is 1. The van der Waals surface area contributed by atoms with Gasteiger partial charge in [0.1, 0.15) is 6.04 Å². The van der Waals surface area contributed by atoms with Gasteiger partial charge in [0.25, 0.3) is 0 Å². The van der Waals surface area contributed by atoms with Crippen LogP contribution in [0.1, 0.15) is 19.8 Å². The number of carboxylic acid groups (broad SMARTS) is 1. The number of rotatable bonds is 2. The van der Waals surface area contributed by atoms with Gasteiger partial charge in [-0.2, -0.15) is 0 Å². The Labute approximate surface area is 82.9 Å². The van der Waals surface area contributed by atoms with E-state index in [-0.39, 0.29) is 11.8 Å². The fraction of sp³-hybridized carbons (Fsp3) is 0.600. The van der Waals surface area contributed by atoms with E-state index in [4.69, 9.17) is 11.5 Å². The molecule has 1 N–H and O–H groups in total. The lowest BCUT2D eigenvalue weighted by Gasteiger charge is -2.18. The van der Waals surface area contributed by atoms with Crippen LogP contribution in [0, 0.1) is 18.3 Å².